The van der Waals surface area contributed by atoms with Crippen LogP contribution in [0.4, 0.5) is 5.69 Å². The number of nitrogens with one attached hydrogen (secondary N) is 1. The van der Waals surface area contributed by atoms with Gasteiger partial charge in [0.2, 0.25) is 5.91 Å². The fourth-order valence-corrected chi connectivity index (χ4v) is 4.23. The second-order valence-electron chi connectivity index (χ2n) is 7.67. The van der Waals surface area contributed by atoms with Gasteiger partial charge in [-0.15, -0.1) is 10.2 Å². The van der Waals surface area contributed by atoms with Crippen molar-refractivity contribution in [3.05, 3.63) is 65.5 Å². The van der Waals surface area contributed by atoms with Crippen LogP contribution in [0.5, 0.6) is 0 Å². The summed E-state index contributed by atoms with van der Waals surface area (Å²) in [5, 5.41) is 11.7. The largest absolute Gasteiger partial charge is 0.339 e. The molecule has 2 amide bonds. The van der Waals surface area contributed by atoms with Gasteiger partial charge in [0.1, 0.15) is 6.33 Å². The van der Waals surface area contributed by atoms with Crippen molar-refractivity contribution in [1.82, 2.24) is 19.7 Å². The summed E-state index contributed by atoms with van der Waals surface area (Å²) in [6, 6.07) is 13.2. The van der Waals surface area contributed by atoms with Gasteiger partial charge < -0.3 is 10.2 Å². The predicted molar refractivity (Wildman–Crippen MR) is 122 cm³/mol. The first-order valence-electron chi connectivity index (χ1n) is 10.3. The quantitative estimate of drug-likeness (QED) is 0.595. The molecule has 1 aromatic heterocycles. The van der Waals surface area contributed by atoms with Gasteiger partial charge >= 0.3 is 0 Å². The average molecular weight is 436 g/mol. The predicted octanol–water partition coefficient (Wildman–Crippen LogP) is 3.85. The number of aryl methyl sites for hydroxylation is 2. The van der Waals surface area contributed by atoms with Crippen LogP contribution in [0.15, 0.2) is 53.9 Å². The molecule has 0 bridgehead atoms. The number of benzene rings is 2. The van der Waals surface area contributed by atoms with Gasteiger partial charge in [0.15, 0.2) is 5.16 Å². The first kappa shape index (κ1) is 21.1. The molecule has 0 aliphatic carbocycles. The minimum atomic E-state index is -0.141. The van der Waals surface area contributed by atoms with E-state index in [1.54, 1.807) is 30.6 Å². The Labute approximate surface area is 185 Å². The first-order chi connectivity index (χ1) is 15.0. The van der Waals surface area contributed by atoms with E-state index in [9.17, 15) is 9.59 Å². The summed E-state index contributed by atoms with van der Waals surface area (Å²) >= 11 is 1.33. The van der Waals surface area contributed by atoms with Crippen molar-refractivity contribution in [2.45, 2.75) is 31.8 Å². The Hall–Kier alpha value is -3.13. The molecule has 0 radical (unpaired) electrons. The van der Waals surface area contributed by atoms with Crippen LogP contribution in [-0.4, -0.2) is 50.3 Å². The molecule has 2 heterocycles. The third-order valence-corrected chi connectivity index (χ3v) is 6.37. The minimum Gasteiger partial charge on any atom is -0.339 e. The highest BCUT2D eigenvalue weighted by atomic mass is 32.2. The third kappa shape index (κ3) is 4.96. The van der Waals surface area contributed by atoms with Crippen molar-refractivity contribution >= 4 is 29.3 Å². The van der Waals surface area contributed by atoms with E-state index in [1.165, 1.54) is 22.9 Å². The summed E-state index contributed by atoms with van der Waals surface area (Å²) in [5.74, 6) is 0.118. The number of rotatable bonds is 6. The Bertz CT molecular complexity index is 1090. The van der Waals surface area contributed by atoms with Crippen LogP contribution >= 0.6 is 11.8 Å². The van der Waals surface area contributed by atoms with Crippen LogP contribution in [0.3, 0.4) is 0 Å². The highest BCUT2D eigenvalue weighted by Gasteiger charge is 2.19. The van der Waals surface area contributed by atoms with Gasteiger partial charge in [-0.25, -0.2) is 0 Å². The van der Waals surface area contributed by atoms with Gasteiger partial charge in [-0.1, -0.05) is 17.8 Å². The van der Waals surface area contributed by atoms with E-state index in [2.05, 4.69) is 41.5 Å². The molecule has 3 aromatic rings. The maximum Gasteiger partial charge on any atom is 0.253 e. The van der Waals surface area contributed by atoms with E-state index in [-0.39, 0.29) is 17.6 Å². The van der Waals surface area contributed by atoms with Crippen molar-refractivity contribution in [1.29, 1.82) is 0 Å². The third-order valence-electron chi connectivity index (χ3n) is 5.43. The van der Waals surface area contributed by atoms with Crippen molar-refractivity contribution in [3.8, 4) is 5.69 Å². The molecule has 1 N–H and O–H groups in total. The molecule has 0 spiro atoms. The van der Waals surface area contributed by atoms with Gasteiger partial charge in [-0.2, -0.15) is 0 Å². The van der Waals surface area contributed by atoms with Gasteiger partial charge in [0.25, 0.3) is 5.91 Å². The summed E-state index contributed by atoms with van der Waals surface area (Å²) in [4.78, 5) is 26.7. The standard InChI is InChI=1S/C23H25N5O2S/c1-16-5-10-20(13-17(16)2)28-15-24-26-23(28)31-14-21(29)25-19-8-6-18(7-9-19)22(30)27-11-3-4-12-27/h5-10,13,15H,3-4,11-12,14H2,1-2H3,(H,25,29). The molecule has 7 nitrogen and oxygen atoms in total. The Morgan fingerprint density at radius 3 is 2.48 bits per heavy atom. The molecule has 1 saturated heterocycles. The normalized spacial score (nSPS) is 13.4. The molecule has 0 unspecified atom stereocenters. The fourth-order valence-electron chi connectivity index (χ4n) is 3.50. The highest BCUT2D eigenvalue weighted by Crippen LogP contribution is 2.22. The molecular formula is C23H25N5O2S. The number of thioether (sulfide) groups is 1. The van der Waals surface area contributed by atoms with E-state index in [0.717, 1.165) is 31.6 Å². The van der Waals surface area contributed by atoms with Crippen LogP contribution in [-0.2, 0) is 4.79 Å². The van der Waals surface area contributed by atoms with Crippen molar-refractivity contribution in [2.75, 3.05) is 24.2 Å². The fraction of sp³-hybridized carbons (Fsp3) is 0.304. The molecule has 1 fully saturated rings. The number of hydrogen-bond donors (Lipinski definition) is 1. The monoisotopic (exact) mass is 435 g/mol. The molecule has 1 aliphatic heterocycles. The lowest BCUT2D eigenvalue weighted by Crippen LogP contribution is -2.27. The zero-order valence-electron chi connectivity index (χ0n) is 17.7. The number of carbonyl (C=O) groups excluding carboxylic acids is 2. The van der Waals surface area contributed by atoms with Crippen LogP contribution in [0.2, 0.25) is 0 Å². The lowest BCUT2D eigenvalue weighted by Gasteiger charge is -2.15. The first-order valence-corrected chi connectivity index (χ1v) is 11.3. The summed E-state index contributed by atoms with van der Waals surface area (Å²) < 4.78 is 1.88. The Morgan fingerprint density at radius 2 is 1.77 bits per heavy atom. The van der Waals surface area contributed by atoms with Crippen molar-refractivity contribution in [3.63, 3.8) is 0 Å². The van der Waals surface area contributed by atoms with Crippen LogP contribution < -0.4 is 5.32 Å². The van der Waals surface area contributed by atoms with Crippen molar-refractivity contribution < 1.29 is 9.59 Å². The smallest absolute Gasteiger partial charge is 0.253 e. The van der Waals surface area contributed by atoms with Gasteiger partial charge in [0.05, 0.1) is 5.75 Å². The second-order valence-corrected chi connectivity index (χ2v) is 8.61. The second kappa shape index (κ2) is 9.34. The topological polar surface area (TPSA) is 80.1 Å². The lowest BCUT2D eigenvalue weighted by atomic mass is 10.1. The Kier molecular flexibility index (Phi) is 6.36. The molecule has 160 valence electrons. The van der Waals surface area contributed by atoms with E-state index in [1.807, 2.05) is 15.5 Å². The zero-order chi connectivity index (χ0) is 21.8. The van der Waals surface area contributed by atoms with Gasteiger partial charge in [-0.05, 0) is 74.2 Å². The number of hydrogen-bond acceptors (Lipinski definition) is 5. The maximum absolute atomic E-state index is 12.4. The van der Waals surface area contributed by atoms with Crippen LogP contribution in [0.25, 0.3) is 5.69 Å². The van der Waals surface area contributed by atoms with E-state index < -0.39 is 0 Å². The minimum absolute atomic E-state index is 0.0524. The van der Waals surface area contributed by atoms with Gasteiger partial charge in [0, 0.05) is 30.0 Å². The van der Waals surface area contributed by atoms with Gasteiger partial charge in [-0.3, -0.25) is 14.2 Å². The molecule has 2 aromatic carbocycles. The molecule has 0 saturated carbocycles. The Balaban J connectivity index is 1.34. The number of anilines is 1. The summed E-state index contributed by atoms with van der Waals surface area (Å²) in [6.45, 7) is 5.77. The van der Waals surface area contributed by atoms with E-state index in [4.69, 9.17) is 0 Å². The number of amides is 2. The van der Waals surface area contributed by atoms with Crippen LogP contribution in [0, 0.1) is 13.8 Å². The van der Waals surface area contributed by atoms with E-state index in [0.29, 0.717) is 16.4 Å². The SMILES string of the molecule is Cc1ccc(-n2cnnc2SCC(=O)Nc2ccc(C(=O)N3CCCC3)cc2)cc1C. The number of nitrogens with zero attached hydrogens (tertiary/aromatic N) is 4. The maximum atomic E-state index is 12.4. The molecule has 4 rings (SSSR count). The number of aromatic nitrogens is 3. The summed E-state index contributed by atoms with van der Waals surface area (Å²) in [7, 11) is 0. The van der Waals surface area contributed by atoms with Crippen LogP contribution in [0.1, 0.15) is 34.3 Å². The highest BCUT2D eigenvalue weighted by molar-refractivity contribution is 7.99. The molecule has 31 heavy (non-hydrogen) atoms. The molecule has 8 heteroatoms. The lowest BCUT2D eigenvalue weighted by molar-refractivity contribution is -0.113. The molecular weight excluding hydrogens is 410 g/mol. The van der Waals surface area contributed by atoms with Crippen molar-refractivity contribution in [2.24, 2.45) is 0 Å². The number of carbonyl (C=O) groups is 2. The zero-order valence-corrected chi connectivity index (χ0v) is 18.5. The summed E-state index contributed by atoms with van der Waals surface area (Å²) in [5.41, 5.74) is 4.69. The summed E-state index contributed by atoms with van der Waals surface area (Å²) in [6.07, 6.45) is 3.78. The average Bonchev–Trinajstić information content (AvgIpc) is 3.46. The number of likely N-dealkylation sites (tertiary alicyclic amines) is 1. The molecule has 0 atom stereocenters. The Morgan fingerprint density at radius 1 is 1.03 bits per heavy atom. The molecule has 1 aliphatic rings. The van der Waals surface area contributed by atoms with E-state index >= 15 is 0 Å².